The highest BCUT2D eigenvalue weighted by Gasteiger charge is 2.69. The van der Waals surface area contributed by atoms with Gasteiger partial charge < -0.3 is 14.5 Å². The molecule has 158 valence electrons. The second kappa shape index (κ2) is 7.02. The van der Waals surface area contributed by atoms with Gasteiger partial charge in [0.2, 0.25) is 0 Å². The molecule has 2 fully saturated rings. The zero-order chi connectivity index (χ0) is 20.9. The van der Waals surface area contributed by atoms with E-state index in [4.69, 9.17) is 10.5 Å². The van der Waals surface area contributed by atoms with Crippen LogP contribution >= 0.6 is 0 Å². The Morgan fingerprint density at radius 2 is 1.83 bits per heavy atom. The molecule has 5 nitrogen and oxygen atoms in total. The van der Waals surface area contributed by atoms with Gasteiger partial charge in [0, 0.05) is 31.4 Å². The molecule has 0 radical (unpaired) electrons. The third-order valence-electron chi connectivity index (χ3n) is 7.73. The van der Waals surface area contributed by atoms with Gasteiger partial charge in [-0.05, 0) is 36.5 Å². The summed E-state index contributed by atoms with van der Waals surface area (Å²) in [5, 5.41) is 0. The molecule has 0 bridgehead atoms. The molecule has 2 N–H and O–H groups in total. The molecule has 1 saturated carbocycles. The van der Waals surface area contributed by atoms with Crippen LogP contribution in [0.3, 0.4) is 0 Å². The van der Waals surface area contributed by atoms with Gasteiger partial charge in [-0.3, -0.25) is 10.5 Å². The Hall–Kier alpha value is -2.53. The van der Waals surface area contributed by atoms with Crippen LogP contribution in [0, 0.1) is 0 Å². The van der Waals surface area contributed by atoms with E-state index in [0.717, 1.165) is 36.3 Å². The molecule has 2 heterocycles. The first-order valence-electron chi connectivity index (χ1n) is 11.1. The average Bonchev–Trinajstić information content (AvgIpc) is 3.12. The molecule has 2 unspecified atom stereocenters. The molecule has 1 aliphatic carbocycles. The summed E-state index contributed by atoms with van der Waals surface area (Å²) in [5.74, 6) is 0.860. The molecule has 2 aliphatic heterocycles. The minimum Gasteiger partial charge on any atom is -0.497 e. The largest absolute Gasteiger partial charge is 0.497 e. The average molecular weight is 406 g/mol. The van der Waals surface area contributed by atoms with Crippen molar-refractivity contribution >= 4 is 11.6 Å². The highest BCUT2D eigenvalue weighted by atomic mass is 16.5. The van der Waals surface area contributed by atoms with Gasteiger partial charge in [0.05, 0.1) is 12.5 Å². The molecule has 1 saturated heterocycles. The van der Waals surface area contributed by atoms with Gasteiger partial charge >= 0.3 is 0 Å². The van der Waals surface area contributed by atoms with Gasteiger partial charge in [-0.1, -0.05) is 55.7 Å². The summed E-state index contributed by atoms with van der Waals surface area (Å²) in [5.41, 5.74) is 8.96. The van der Waals surface area contributed by atoms with Crippen molar-refractivity contribution in [3.05, 3.63) is 59.7 Å². The van der Waals surface area contributed by atoms with Crippen molar-refractivity contribution in [2.75, 3.05) is 25.6 Å². The lowest BCUT2D eigenvalue weighted by molar-refractivity contribution is -0.134. The fourth-order valence-corrected chi connectivity index (χ4v) is 6.09. The van der Waals surface area contributed by atoms with Gasteiger partial charge in [-0.2, -0.15) is 0 Å². The van der Waals surface area contributed by atoms with Crippen molar-refractivity contribution in [3.63, 3.8) is 0 Å². The van der Waals surface area contributed by atoms with Crippen LogP contribution in [0.5, 0.6) is 5.75 Å². The van der Waals surface area contributed by atoms with E-state index in [-0.39, 0.29) is 5.91 Å². The van der Waals surface area contributed by atoms with Crippen LogP contribution in [0.25, 0.3) is 0 Å². The summed E-state index contributed by atoms with van der Waals surface area (Å²) < 4.78 is 5.47. The van der Waals surface area contributed by atoms with Crippen LogP contribution in [0.4, 0.5) is 5.69 Å². The minimum absolute atomic E-state index is 0.0722. The van der Waals surface area contributed by atoms with Crippen LogP contribution in [-0.2, 0) is 16.6 Å². The highest BCUT2D eigenvalue weighted by molar-refractivity contribution is 5.98. The van der Waals surface area contributed by atoms with Gasteiger partial charge in [-0.25, -0.2) is 0 Å². The summed E-state index contributed by atoms with van der Waals surface area (Å²) in [4.78, 5) is 18.1. The molecule has 0 spiro atoms. The first-order chi connectivity index (χ1) is 14.5. The fourth-order valence-electron chi connectivity index (χ4n) is 6.09. The number of nitrogens with zero attached hydrogens (tertiary/aromatic N) is 2. The number of fused-ring (bicyclic) bond motifs is 3. The molecular formula is C25H31N3O2. The van der Waals surface area contributed by atoms with Crippen LogP contribution in [0.15, 0.2) is 48.5 Å². The number of carbonyl (C=O) groups excluding carboxylic acids is 1. The Morgan fingerprint density at radius 3 is 2.53 bits per heavy atom. The van der Waals surface area contributed by atoms with Crippen LogP contribution in [0.1, 0.15) is 43.2 Å². The molecule has 5 rings (SSSR count). The lowest BCUT2D eigenvalue weighted by Crippen LogP contribution is -2.66. The Bertz CT molecular complexity index is 956. The number of hydrogen-bond acceptors (Lipinski definition) is 4. The molecule has 1 amide bonds. The number of benzene rings is 2. The number of likely N-dealkylation sites (N-methyl/N-ethyl adjacent to an activating group) is 1. The molecule has 5 heteroatoms. The van der Waals surface area contributed by atoms with Crippen molar-refractivity contribution in [1.82, 2.24) is 4.90 Å². The fraction of sp³-hybridized carbons (Fsp3) is 0.480. The van der Waals surface area contributed by atoms with E-state index in [0.29, 0.717) is 12.6 Å². The van der Waals surface area contributed by atoms with Crippen molar-refractivity contribution in [2.45, 2.75) is 55.6 Å². The summed E-state index contributed by atoms with van der Waals surface area (Å²) in [6.45, 7) is 0.672. The SMILES string of the molecule is COc1ccc2c(c1)N(C)C1(N)C(=O)N(C3CCCCC3)CC21Cc1ccccc1. The minimum atomic E-state index is -1.09. The zero-order valence-corrected chi connectivity index (χ0v) is 17.9. The van der Waals surface area contributed by atoms with E-state index in [9.17, 15) is 4.79 Å². The number of nitrogens with two attached hydrogens (primary N) is 1. The lowest BCUT2D eigenvalue weighted by Gasteiger charge is -2.39. The van der Waals surface area contributed by atoms with Crippen molar-refractivity contribution in [2.24, 2.45) is 5.73 Å². The number of methoxy groups -OCH3 is 1. The zero-order valence-electron chi connectivity index (χ0n) is 17.9. The van der Waals surface area contributed by atoms with Gasteiger partial charge in [0.1, 0.15) is 5.75 Å². The predicted octanol–water partition coefficient (Wildman–Crippen LogP) is 3.46. The number of anilines is 1. The Morgan fingerprint density at radius 1 is 1.10 bits per heavy atom. The standard InChI is InChI=1S/C25H31N3O2/c1-27-22-15-20(30-2)13-14-21(22)24(16-18-9-5-3-6-10-18)17-28(23(29)25(24,27)26)19-11-7-4-8-12-19/h3,5-6,9-10,13-15,19H,4,7-8,11-12,16-17,26H2,1-2H3. The van der Waals surface area contributed by atoms with Crippen LogP contribution in [0.2, 0.25) is 0 Å². The maximum absolute atomic E-state index is 14.0. The second-order valence-electron chi connectivity index (χ2n) is 9.18. The van der Waals surface area contributed by atoms with E-state index >= 15 is 0 Å². The van der Waals surface area contributed by atoms with E-state index < -0.39 is 11.1 Å². The van der Waals surface area contributed by atoms with Crippen LogP contribution < -0.4 is 15.4 Å². The van der Waals surface area contributed by atoms with Crippen molar-refractivity contribution < 1.29 is 9.53 Å². The Balaban J connectivity index is 1.65. The van der Waals surface area contributed by atoms with E-state index in [1.807, 2.05) is 30.1 Å². The second-order valence-corrected chi connectivity index (χ2v) is 9.18. The maximum Gasteiger partial charge on any atom is 0.264 e. The Kier molecular flexibility index (Phi) is 4.55. The van der Waals surface area contributed by atoms with E-state index in [1.165, 1.54) is 24.8 Å². The summed E-state index contributed by atoms with van der Waals surface area (Å²) in [6, 6.07) is 16.9. The van der Waals surface area contributed by atoms with Crippen molar-refractivity contribution in [1.29, 1.82) is 0 Å². The summed E-state index contributed by atoms with van der Waals surface area (Å²) >= 11 is 0. The lowest BCUT2D eigenvalue weighted by atomic mass is 9.70. The third-order valence-corrected chi connectivity index (χ3v) is 7.73. The van der Waals surface area contributed by atoms with Gasteiger partial charge in [0.15, 0.2) is 5.66 Å². The first-order valence-corrected chi connectivity index (χ1v) is 11.1. The van der Waals surface area contributed by atoms with E-state index in [2.05, 4.69) is 35.2 Å². The topological polar surface area (TPSA) is 58.8 Å². The molecular weight excluding hydrogens is 374 g/mol. The summed E-state index contributed by atoms with van der Waals surface area (Å²) in [6.07, 6.45) is 6.57. The molecule has 3 aliphatic rings. The van der Waals surface area contributed by atoms with Gasteiger partial charge in [-0.15, -0.1) is 0 Å². The number of likely N-dealkylation sites (tertiary alicyclic amines) is 1. The smallest absolute Gasteiger partial charge is 0.264 e. The quantitative estimate of drug-likeness (QED) is 0.846. The summed E-state index contributed by atoms with van der Waals surface area (Å²) in [7, 11) is 3.64. The van der Waals surface area contributed by atoms with Crippen molar-refractivity contribution in [3.8, 4) is 5.75 Å². The maximum atomic E-state index is 14.0. The van der Waals surface area contributed by atoms with Gasteiger partial charge in [0.25, 0.3) is 5.91 Å². The van der Waals surface area contributed by atoms with Crippen LogP contribution in [-0.4, -0.2) is 43.2 Å². The molecule has 0 aromatic heterocycles. The molecule has 2 aromatic carbocycles. The predicted molar refractivity (Wildman–Crippen MR) is 119 cm³/mol. The number of carbonyl (C=O) groups is 1. The highest BCUT2D eigenvalue weighted by Crippen LogP contribution is 2.56. The number of hydrogen-bond donors (Lipinski definition) is 1. The normalized spacial score (nSPS) is 28.6. The first kappa shape index (κ1) is 19.4. The number of ether oxygens (including phenoxy) is 1. The molecule has 2 atom stereocenters. The third kappa shape index (κ3) is 2.54. The number of amides is 1. The molecule has 2 aromatic rings. The monoisotopic (exact) mass is 405 g/mol. The number of rotatable bonds is 4. The Labute approximate surface area is 178 Å². The molecule has 30 heavy (non-hydrogen) atoms. The van der Waals surface area contributed by atoms with E-state index in [1.54, 1.807) is 7.11 Å².